The summed E-state index contributed by atoms with van der Waals surface area (Å²) in [7, 11) is -6.51. The Balaban J connectivity index is 0.000000199. The molecule has 23 nitrogen and oxygen atoms in total. The number of dihydropyridines is 1. The van der Waals surface area contributed by atoms with E-state index in [2.05, 4.69) is 41.0 Å². The number of anilines is 1. The fourth-order valence-corrected chi connectivity index (χ4v) is 11.0. The number of carboxylic acid groups (broad SMARTS) is 1. The number of aromatic amines is 1. The van der Waals surface area contributed by atoms with Gasteiger partial charge in [-0.15, -0.1) is 10.2 Å². The molecule has 0 spiro atoms. The monoisotopic (exact) mass is 1150 g/mol. The van der Waals surface area contributed by atoms with E-state index < -0.39 is 54.4 Å². The van der Waals surface area contributed by atoms with Gasteiger partial charge < -0.3 is 45.4 Å². The number of benzene rings is 4. The van der Waals surface area contributed by atoms with Crippen LogP contribution in [-0.4, -0.2) is 115 Å². The van der Waals surface area contributed by atoms with Crippen LogP contribution in [0.4, 0.5) is 5.69 Å². The zero-order chi connectivity index (χ0) is 57.1. The number of carbonyl (C=O) groups excluding carboxylic acids is 2. The number of carbonyl (C=O) groups is 3. The van der Waals surface area contributed by atoms with Crippen LogP contribution in [0.25, 0.3) is 22.5 Å². The number of carboxylic acids is 1. The summed E-state index contributed by atoms with van der Waals surface area (Å²) in [5.41, 5.74) is 10.5. The van der Waals surface area contributed by atoms with E-state index >= 15 is 0 Å². The number of aliphatic hydroxyl groups is 1. The molecule has 4 aromatic carbocycles. The molecule has 6 aromatic rings. The number of hydrogen-bond acceptors (Lipinski definition) is 18. The lowest BCUT2D eigenvalue weighted by atomic mass is 9.80. The van der Waals surface area contributed by atoms with Crippen molar-refractivity contribution in [3.05, 3.63) is 146 Å². The van der Waals surface area contributed by atoms with E-state index in [9.17, 15) is 41.4 Å². The maximum absolute atomic E-state index is 12.9. The Morgan fingerprint density at radius 2 is 1.63 bits per heavy atom. The largest absolute Gasteiger partial charge is 0.477 e. The van der Waals surface area contributed by atoms with E-state index in [0.29, 0.717) is 65.3 Å². The average Bonchev–Trinajstić information content (AvgIpc) is 4.07. The van der Waals surface area contributed by atoms with Crippen LogP contribution in [0.15, 0.2) is 117 Å². The van der Waals surface area contributed by atoms with Gasteiger partial charge in [0.2, 0.25) is 25.9 Å². The van der Waals surface area contributed by atoms with Crippen LogP contribution in [0.2, 0.25) is 10.0 Å². The van der Waals surface area contributed by atoms with E-state index in [-0.39, 0.29) is 52.4 Å². The van der Waals surface area contributed by atoms with Crippen LogP contribution in [0.5, 0.6) is 0 Å². The molecule has 416 valence electrons. The smallest absolute Gasteiger partial charge is 0.354 e. The van der Waals surface area contributed by atoms with Gasteiger partial charge >= 0.3 is 17.9 Å². The summed E-state index contributed by atoms with van der Waals surface area (Å²) in [6.07, 6.45) is 1.43. The number of hydrogen-bond donors (Lipinski definition) is 8. The number of allylic oxidation sites excluding steroid dienone is 1. The molecule has 2 aliphatic heterocycles. The summed E-state index contributed by atoms with van der Waals surface area (Å²) in [5.74, 6) is -1.80. The molecular formula is C51H59Cl2N11O12S2. The van der Waals surface area contributed by atoms with Gasteiger partial charge in [-0.1, -0.05) is 96.9 Å². The first kappa shape index (κ1) is 60.2. The Bertz CT molecular complexity index is 3460. The van der Waals surface area contributed by atoms with Crippen LogP contribution >= 0.6 is 23.2 Å². The molecule has 10 N–H and O–H groups in total. The number of nitrogens with two attached hydrogens (primary N) is 2. The number of aromatic nitrogens is 6. The van der Waals surface area contributed by atoms with Crippen LogP contribution < -0.4 is 26.2 Å². The number of nitrogens with zero attached hydrogens (tertiary/aromatic N) is 5. The van der Waals surface area contributed by atoms with E-state index in [1.165, 1.54) is 13.2 Å². The highest BCUT2D eigenvalue weighted by Gasteiger charge is 2.40. The predicted octanol–water partition coefficient (Wildman–Crippen LogP) is 5.57. The number of nitrogens with one attached hydrogen (secondary N) is 4. The number of aryl methyl sites for hydroxylation is 1. The number of H-pyrrole nitrogens is 1. The first-order valence-corrected chi connectivity index (χ1v) is 27.8. The topological polar surface area (TPSA) is 348 Å². The van der Waals surface area contributed by atoms with E-state index in [1.54, 1.807) is 56.5 Å². The van der Waals surface area contributed by atoms with Crippen molar-refractivity contribution >= 4 is 66.8 Å². The molecule has 0 saturated carbocycles. The van der Waals surface area contributed by atoms with Crippen molar-refractivity contribution in [2.45, 2.75) is 75.3 Å². The van der Waals surface area contributed by atoms with Gasteiger partial charge in [-0.3, -0.25) is 0 Å². The zero-order valence-electron chi connectivity index (χ0n) is 43.3. The molecule has 0 bridgehead atoms. The predicted molar refractivity (Wildman–Crippen MR) is 290 cm³/mol. The molecule has 0 saturated heterocycles. The van der Waals surface area contributed by atoms with Gasteiger partial charge in [0.25, 0.3) is 0 Å². The van der Waals surface area contributed by atoms with Crippen molar-refractivity contribution in [1.82, 2.24) is 40.2 Å². The Kier molecular flexibility index (Phi) is 20.1. The minimum atomic E-state index is -4.07. The molecule has 27 heteroatoms. The van der Waals surface area contributed by atoms with Crippen LogP contribution in [-0.2, 0) is 62.4 Å². The SMILES string of the molecule is CCCc1nc(C(C)(C)O)c(C(=O)O)n1Cc1ccc(-c2ccccc2-c2nn[nH]n2)cc1.CCOC(=O)C1=C(COCCN)NC(C)=C(C(=O)OC)C1c1ccccc1Cl.NS(=O)(=O)c1cc2c(cc1Cl)NCNS2(=O)=O. The highest BCUT2D eigenvalue weighted by Crippen LogP contribution is 2.42. The number of esters is 2. The van der Waals surface area contributed by atoms with Gasteiger partial charge in [0, 0.05) is 35.8 Å². The second-order valence-corrected chi connectivity index (χ2v) is 21.9. The molecule has 2 aliphatic rings. The third kappa shape index (κ3) is 14.1. The molecular weight excluding hydrogens is 1090 g/mol. The van der Waals surface area contributed by atoms with Crippen LogP contribution in [0, 0.1) is 0 Å². The summed E-state index contributed by atoms with van der Waals surface area (Å²) in [6.45, 7) is 9.89. The number of tetrazole rings is 1. The molecule has 0 amide bonds. The van der Waals surface area contributed by atoms with E-state index in [4.69, 9.17) is 48.3 Å². The lowest BCUT2D eigenvalue weighted by Crippen LogP contribution is -2.35. The molecule has 2 aromatic heterocycles. The first-order valence-electron chi connectivity index (χ1n) is 24.0. The molecule has 1 unspecified atom stereocenters. The standard InChI is InChI=1S/C24H26N6O3.C20H25ClN2O5.C7H8ClN3O4S2/c1-4-7-19-25-21(24(2,3)33)20(23(31)32)30(19)14-15-10-12-16(13-11-15)17-8-5-6-9-18(17)22-26-28-29-27-22;1-4-28-20(25)18-15(11-27-10-9-22)23-12(2)16(19(24)26-3)17(18)13-7-5-6-8-14(13)21;8-4-1-5-7(2-6(4)16(9,12)13)17(14,15)11-3-10-5/h5-6,8-13,33H,4,7,14H2,1-3H3,(H,31,32)(H,26,27,28,29);5-8,17,23H,4,9-11,22H2,1-3H3;1-2,10-11H,3H2,(H2,9,12,13). The molecule has 0 fully saturated rings. The highest BCUT2D eigenvalue weighted by atomic mass is 35.5. The molecule has 1 atom stereocenters. The Hall–Kier alpha value is -7.07. The second-order valence-electron chi connectivity index (χ2n) is 17.8. The lowest BCUT2D eigenvalue weighted by Gasteiger charge is -2.31. The summed E-state index contributed by atoms with van der Waals surface area (Å²) in [4.78, 5) is 41.4. The van der Waals surface area contributed by atoms with Crippen molar-refractivity contribution in [1.29, 1.82) is 0 Å². The number of fused-ring (bicyclic) bond motifs is 1. The van der Waals surface area contributed by atoms with Crippen LogP contribution in [0.1, 0.15) is 80.1 Å². The van der Waals surface area contributed by atoms with Crippen molar-refractivity contribution in [3.8, 4) is 22.5 Å². The fourth-order valence-electron chi connectivity index (χ4n) is 8.44. The van der Waals surface area contributed by atoms with Crippen molar-refractivity contribution in [3.63, 3.8) is 0 Å². The second kappa shape index (κ2) is 26.1. The van der Waals surface area contributed by atoms with Gasteiger partial charge in [0.05, 0.1) is 67.1 Å². The number of rotatable bonds is 17. The summed E-state index contributed by atoms with van der Waals surface area (Å²) in [5, 5.41) is 45.8. The van der Waals surface area contributed by atoms with Gasteiger partial charge in [-0.05, 0) is 79.8 Å². The minimum absolute atomic E-state index is 0.0143. The van der Waals surface area contributed by atoms with Gasteiger partial charge in [-0.25, -0.2) is 41.3 Å². The van der Waals surface area contributed by atoms with E-state index in [1.807, 2.05) is 55.5 Å². The van der Waals surface area contributed by atoms with E-state index in [0.717, 1.165) is 34.7 Å². The summed E-state index contributed by atoms with van der Waals surface area (Å²) >= 11 is 12.1. The average molecular weight is 1150 g/mol. The highest BCUT2D eigenvalue weighted by molar-refractivity contribution is 7.90. The number of methoxy groups -OCH3 is 1. The third-order valence-corrected chi connectivity index (χ3v) is 15.0. The number of sulfonamides is 2. The van der Waals surface area contributed by atoms with Gasteiger partial charge in [0.1, 0.15) is 26.9 Å². The van der Waals surface area contributed by atoms with Crippen molar-refractivity contribution in [2.75, 3.05) is 45.5 Å². The number of imidazole rings is 1. The Labute approximate surface area is 460 Å². The lowest BCUT2D eigenvalue weighted by molar-refractivity contribution is -0.139. The summed E-state index contributed by atoms with van der Waals surface area (Å²) < 4.78 is 65.4. The zero-order valence-corrected chi connectivity index (χ0v) is 46.4. The molecule has 0 aliphatic carbocycles. The minimum Gasteiger partial charge on any atom is -0.477 e. The summed E-state index contributed by atoms with van der Waals surface area (Å²) in [6, 6.07) is 24.9. The normalized spacial score (nSPS) is 14.9. The number of halogens is 2. The third-order valence-electron chi connectivity index (χ3n) is 11.9. The molecule has 4 heterocycles. The maximum atomic E-state index is 12.9. The van der Waals surface area contributed by atoms with Gasteiger partial charge in [0.15, 0.2) is 5.69 Å². The Morgan fingerprint density at radius 3 is 2.22 bits per heavy atom. The molecule has 0 radical (unpaired) electrons. The van der Waals surface area contributed by atoms with Crippen molar-refractivity contribution in [2.24, 2.45) is 10.9 Å². The number of primary sulfonamides is 1. The number of aromatic carboxylic acids is 1. The van der Waals surface area contributed by atoms with Crippen molar-refractivity contribution < 1.29 is 55.6 Å². The Morgan fingerprint density at radius 1 is 0.949 bits per heavy atom. The number of ether oxygens (including phenoxy) is 3. The molecule has 78 heavy (non-hydrogen) atoms. The van der Waals surface area contributed by atoms with Crippen LogP contribution in [0.3, 0.4) is 0 Å². The molecule has 8 rings (SSSR count). The maximum Gasteiger partial charge on any atom is 0.354 e. The first-order chi connectivity index (χ1) is 37.0. The quantitative estimate of drug-likeness (QED) is 0.0408. The fraction of sp³-hybridized carbons (Fsp3) is 0.314. The van der Waals surface area contributed by atoms with Gasteiger partial charge in [-0.2, -0.15) is 9.94 Å².